The Labute approximate surface area is 119 Å². The predicted octanol–water partition coefficient (Wildman–Crippen LogP) is 2.49. The molecule has 2 rings (SSSR count). The Morgan fingerprint density at radius 3 is 2.45 bits per heavy atom. The summed E-state index contributed by atoms with van der Waals surface area (Å²) in [4.78, 5) is 11.0. The largest absolute Gasteiger partial charge is 0.481 e. The molecule has 1 aromatic rings. The van der Waals surface area contributed by atoms with Crippen LogP contribution in [0.2, 0.25) is 0 Å². The van der Waals surface area contributed by atoms with Crippen molar-refractivity contribution in [2.45, 2.75) is 56.7 Å². The molecule has 0 aliphatic heterocycles. The smallest absolute Gasteiger partial charge is 0.305 e. The first kappa shape index (κ1) is 15.0. The predicted molar refractivity (Wildman–Crippen MR) is 77.5 cm³/mol. The van der Waals surface area contributed by atoms with E-state index in [2.05, 4.69) is 5.32 Å². The first-order valence-electron chi connectivity index (χ1n) is 7.37. The van der Waals surface area contributed by atoms with Crippen LogP contribution < -0.4 is 5.32 Å². The summed E-state index contributed by atoms with van der Waals surface area (Å²) in [5.74, 6) is -0.881. The van der Waals surface area contributed by atoms with Gasteiger partial charge in [0.15, 0.2) is 0 Å². The van der Waals surface area contributed by atoms with Crippen molar-refractivity contribution in [3.8, 4) is 0 Å². The molecule has 4 nitrogen and oxygen atoms in total. The maximum atomic E-state index is 11.0. The monoisotopic (exact) mass is 277 g/mol. The second kappa shape index (κ2) is 7.41. The molecule has 0 saturated heterocycles. The van der Waals surface area contributed by atoms with Crippen molar-refractivity contribution in [2.75, 3.05) is 0 Å². The number of carboxylic acids is 1. The molecule has 4 heteroatoms. The maximum Gasteiger partial charge on any atom is 0.305 e. The topological polar surface area (TPSA) is 69.6 Å². The van der Waals surface area contributed by atoms with Gasteiger partial charge in [0, 0.05) is 12.1 Å². The minimum Gasteiger partial charge on any atom is -0.481 e. The van der Waals surface area contributed by atoms with Crippen molar-refractivity contribution in [1.82, 2.24) is 5.32 Å². The molecule has 0 heterocycles. The minimum absolute atomic E-state index is 0.0629. The number of benzene rings is 1. The third-order valence-electron chi connectivity index (χ3n) is 3.97. The molecule has 1 fully saturated rings. The van der Waals surface area contributed by atoms with Crippen LogP contribution in [0.3, 0.4) is 0 Å². The molecule has 0 bridgehead atoms. The fourth-order valence-corrected chi connectivity index (χ4v) is 2.90. The van der Waals surface area contributed by atoms with Crippen LogP contribution in [0.5, 0.6) is 0 Å². The summed E-state index contributed by atoms with van der Waals surface area (Å²) in [6, 6.07) is 9.17. The highest BCUT2D eigenvalue weighted by Crippen LogP contribution is 2.23. The lowest BCUT2D eigenvalue weighted by Crippen LogP contribution is -2.44. The molecule has 2 unspecified atom stereocenters. The van der Waals surface area contributed by atoms with Gasteiger partial charge >= 0.3 is 5.97 Å². The molecule has 0 spiro atoms. The van der Waals surface area contributed by atoms with Crippen LogP contribution in [0.4, 0.5) is 0 Å². The van der Waals surface area contributed by atoms with Crippen molar-refractivity contribution in [2.24, 2.45) is 0 Å². The van der Waals surface area contributed by atoms with Crippen molar-refractivity contribution in [1.29, 1.82) is 0 Å². The van der Waals surface area contributed by atoms with Gasteiger partial charge < -0.3 is 15.5 Å². The number of aliphatic hydroxyl groups excluding tert-OH is 1. The number of nitrogens with one attached hydrogen (secondary N) is 1. The highest BCUT2D eigenvalue weighted by Gasteiger charge is 2.26. The van der Waals surface area contributed by atoms with Gasteiger partial charge in [-0.2, -0.15) is 0 Å². The maximum absolute atomic E-state index is 11.0. The van der Waals surface area contributed by atoms with E-state index in [0.717, 1.165) is 18.4 Å². The molecule has 20 heavy (non-hydrogen) atoms. The lowest BCUT2D eigenvalue weighted by atomic mass is 9.92. The zero-order chi connectivity index (χ0) is 14.4. The van der Waals surface area contributed by atoms with E-state index < -0.39 is 18.1 Å². The average Bonchev–Trinajstić information content (AvgIpc) is 2.47. The summed E-state index contributed by atoms with van der Waals surface area (Å²) in [6.07, 6.45) is 4.90. The molecule has 0 radical (unpaired) electrons. The molecule has 1 saturated carbocycles. The Balaban J connectivity index is 2.03. The van der Waals surface area contributed by atoms with Gasteiger partial charge in [-0.25, -0.2) is 0 Å². The van der Waals surface area contributed by atoms with Gasteiger partial charge in [0.05, 0.1) is 12.5 Å². The van der Waals surface area contributed by atoms with E-state index in [1.807, 2.05) is 30.3 Å². The number of carboxylic acid groups (broad SMARTS) is 1. The Morgan fingerprint density at radius 1 is 1.20 bits per heavy atom. The van der Waals surface area contributed by atoms with Crippen molar-refractivity contribution >= 4 is 5.97 Å². The SMILES string of the molecule is O=C(O)CC(NC1CCCCC1)C(O)c1ccccc1. The number of hydrogen-bond donors (Lipinski definition) is 3. The van der Waals surface area contributed by atoms with Gasteiger partial charge in [0.25, 0.3) is 0 Å². The molecular weight excluding hydrogens is 254 g/mol. The van der Waals surface area contributed by atoms with Crippen LogP contribution in [0, 0.1) is 0 Å². The number of carbonyl (C=O) groups is 1. The van der Waals surface area contributed by atoms with Crippen molar-refractivity contribution in [3.05, 3.63) is 35.9 Å². The van der Waals surface area contributed by atoms with Crippen LogP contribution in [0.15, 0.2) is 30.3 Å². The Morgan fingerprint density at radius 2 is 1.85 bits per heavy atom. The van der Waals surface area contributed by atoms with E-state index in [1.165, 1.54) is 19.3 Å². The van der Waals surface area contributed by atoms with Crippen LogP contribution >= 0.6 is 0 Å². The number of aliphatic carboxylic acids is 1. The van der Waals surface area contributed by atoms with E-state index in [1.54, 1.807) is 0 Å². The van der Waals surface area contributed by atoms with E-state index in [-0.39, 0.29) is 6.42 Å². The van der Waals surface area contributed by atoms with Gasteiger partial charge in [-0.15, -0.1) is 0 Å². The van der Waals surface area contributed by atoms with E-state index >= 15 is 0 Å². The lowest BCUT2D eigenvalue weighted by Gasteiger charge is -2.30. The molecule has 1 aliphatic carbocycles. The quantitative estimate of drug-likeness (QED) is 0.747. The molecule has 110 valence electrons. The molecule has 0 amide bonds. The number of rotatable bonds is 6. The summed E-state index contributed by atoms with van der Waals surface area (Å²) in [7, 11) is 0. The van der Waals surface area contributed by atoms with Crippen LogP contribution in [0.1, 0.15) is 50.2 Å². The highest BCUT2D eigenvalue weighted by atomic mass is 16.4. The normalized spacial score (nSPS) is 19.4. The average molecular weight is 277 g/mol. The van der Waals surface area contributed by atoms with E-state index in [9.17, 15) is 9.90 Å². The van der Waals surface area contributed by atoms with Gasteiger partial charge in [0.2, 0.25) is 0 Å². The second-order valence-corrected chi connectivity index (χ2v) is 5.56. The van der Waals surface area contributed by atoms with Crippen molar-refractivity contribution < 1.29 is 15.0 Å². The van der Waals surface area contributed by atoms with Crippen LogP contribution in [-0.4, -0.2) is 28.3 Å². The molecule has 3 N–H and O–H groups in total. The Bertz CT molecular complexity index is 415. The highest BCUT2D eigenvalue weighted by molar-refractivity contribution is 5.67. The summed E-state index contributed by atoms with van der Waals surface area (Å²) < 4.78 is 0. The second-order valence-electron chi connectivity index (χ2n) is 5.56. The number of hydrogen-bond acceptors (Lipinski definition) is 3. The molecule has 0 aromatic heterocycles. The van der Waals surface area contributed by atoms with Gasteiger partial charge in [-0.05, 0) is 18.4 Å². The first-order chi connectivity index (χ1) is 9.66. The molecule has 1 aromatic carbocycles. The third-order valence-corrected chi connectivity index (χ3v) is 3.97. The van der Waals surface area contributed by atoms with Crippen LogP contribution in [0.25, 0.3) is 0 Å². The molecular formula is C16H23NO3. The number of aliphatic hydroxyl groups is 1. The van der Waals surface area contributed by atoms with Gasteiger partial charge in [0.1, 0.15) is 0 Å². The fraction of sp³-hybridized carbons (Fsp3) is 0.562. The fourth-order valence-electron chi connectivity index (χ4n) is 2.90. The first-order valence-corrected chi connectivity index (χ1v) is 7.37. The standard InChI is InChI=1S/C16H23NO3/c18-15(19)11-14(17-13-9-5-2-6-10-13)16(20)12-7-3-1-4-8-12/h1,3-4,7-8,13-14,16-17,20H,2,5-6,9-11H2,(H,18,19). The Hall–Kier alpha value is -1.39. The summed E-state index contributed by atoms with van der Waals surface area (Å²) in [5.41, 5.74) is 0.766. The zero-order valence-corrected chi connectivity index (χ0v) is 11.7. The Kier molecular flexibility index (Phi) is 5.56. The third kappa shape index (κ3) is 4.32. The van der Waals surface area contributed by atoms with E-state index in [4.69, 9.17) is 5.11 Å². The molecule has 2 atom stereocenters. The lowest BCUT2D eigenvalue weighted by molar-refractivity contribution is -0.138. The zero-order valence-electron chi connectivity index (χ0n) is 11.7. The van der Waals surface area contributed by atoms with Crippen molar-refractivity contribution in [3.63, 3.8) is 0 Å². The summed E-state index contributed by atoms with van der Waals surface area (Å²) >= 11 is 0. The summed E-state index contributed by atoms with van der Waals surface area (Å²) in [5, 5.41) is 22.8. The summed E-state index contributed by atoms with van der Waals surface area (Å²) in [6.45, 7) is 0. The van der Waals surface area contributed by atoms with Gasteiger partial charge in [-0.3, -0.25) is 4.79 Å². The minimum atomic E-state index is -0.881. The van der Waals surface area contributed by atoms with Gasteiger partial charge in [-0.1, -0.05) is 49.6 Å². The van der Waals surface area contributed by atoms with Crippen LogP contribution in [-0.2, 0) is 4.79 Å². The van der Waals surface area contributed by atoms with E-state index in [0.29, 0.717) is 6.04 Å². The molecule has 1 aliphatic rings.